The number of aryl methyl sites for hydroxylation is 1. The molecule has 0 atom stereocenters. The van der Waals surface area contributed by atoms with Gasteiger partial charge in [0.2, 0.25) is 5.82 Å². The van der Waals surface area contributed by atoms with Gasteiger partial charge in [-0.1, -0.05) is 15.9 Å². The van der Waals surface area contributed by atoms with Crippen molar-refractivity contribution in [2.75, 3.05) is 0 Å². The van der Waals surface area contributed by atoms with Crippen LogP contribution in [0.2, 0.25) is 0 Å². The first-order chi connectivity index (χ1) is 7.58. The first kappa shape index (κ1) is 11.1. The van der Waals surface area contributed by atoms with Crippen molar-refractivity contribution in [3.05, 3.63) is 40.6 Å². The number of benzene rings is 1. The molecule has 0 fully saturated rings. The van der Waals surface area contributed by atoms with Crippen molar-refractivity contribution in [2.45, 2.75) is 0 Å². The van der Waals surface area contributed by atoms with Crippen molar-refractivity contribution in [2.24, 2.45) is 7.05 Å². The Morgan fingerprint density at radius 2 is 2.12 bits per heavy atom. The molecule has 6 heteroatoms. The lowest BCUT2D eigenvalue weighted by molar-refractivity contribution is 0.382. The fraction of sp³-hybridized carbons (Fsp3) is 0.100. The van der Waals surface area contributed by atoms with Gasteiger partial charge in [0.25, 0.3) is 0 Å². The topological polar surface area (TPSA) is 27.1 Å². The maximum atomic E-state index is 13.3. The largest absolute Gasteiger partial charge is 0.422 e. The van der Waals surface area contributed by atoms with E-state index in [0.29, 0.717) is 4.47 Å². The summed E-state index contributed by atoms with van der Waals surface area (Å²) >= 11 is 3.06. The Bertz CT molecular complexity index is 528. The minimum Gasteiger partial charge on any atom is -0.422 e. The van der Waals surface area contributed by atoms with Gasteiger partial charge in [0.15, 0.2) is 11.6 Å². The number of aromatic nitrogens is 2. The Hall–Kier alpha value is -1.43. The van der Waals surface area contributed by atoms with Gasteiger partial charge < -0.3 is 9.30 Å². The van der Waals surface area contributed by atoms with Crippen molar-refractivity contribution >= 4 is 15.9 Å². The van der Waals surface area contributed by atoms with Crippen LogP contribution in [-0.4, -0.2) is 9.55 Å². The minimum atomic E-state index is -1.04. The SMILES string of the molecule is Cn1ccnc1Oc1cc(Br)cc(F)c1F. The van der Waals surface area contributed by atoms with Crippen molar-refractivity contribution in [3.63, 3.8) is 0 Å². The van der Waals surface area contributed by atoms with E-state index in [1.54, 1.807) is 17.8 Å². The van der Waals surface area contributed by atoms with Crippen LogP contribution >= 0.6 is 15.9 Å². The van der Waals surface area contributed by atoms with E-state index in [1.165, 1.54) is 12.3 Å². The molecule has 0 amide bonds. The third kappa shape index (κ3) is 2.06. The molecule has 0 saturated heterocycles. The second kappa shape index (κ2) is 4.21. The van der Waals surface area contributed by atoms with E-state index in [1.807, 2.05) is 0 Å². The molecule has 3 nitrogen and oxygen atoms in total. The van der Waals surface area contributed by atoms with Crippen LogP contribution in [0.25, 0.3) is 0 Å². The minimum absolute atomic E-state index is 0.191. The first-order valence-electron chi connectivity index (χ1n) is 4.37. The fourth-order valence-electron chi connectivity index (χ4n) is 1.16. The van der Waals surface area contributed by atoms with Gasteiger partial charge in [-0.2, -0.15) is 4.39 Å². The standard InChI is InChI=1S/C10H7BrF2N2O/c1-15-3-2-14-10(15)16-8-5-6(11)4-7(12)9(8)13/h2-5H,1H3. The van der Waals surface area contributed by atoms with Crippen molar-refractivity contribution in [1.82, 2.24) is 9.55 Å². The summed E-state index contributed by atoms with van der Waals surface area (Å²) < 4.78 is 33.5. The molecule has 1 heterocycles. The summed E-state index contributed by atoms with van der Waals surface area (Å²) in [4.78, 5) is 3.85. The highest BCUT2D eigenvalue weighted by molar-refractivity contribution is 9.10. The number of nitrogens with zero attached hydrogens (tertiary/aromatic N) is 2. The monoisotopic (exact) mass is 288 g/mol. The fourth-order valence-corrected chi connectivity index (χ4v) is 1.56. The van der Waals surface area contributed by atoms with Gasteiger partial charge in [-0.3, -0.25) is 0 Å². The van der Waals surface area contributed by atoms with Crippen LogP contribution in [0, 0.1) is 11.6 Å². The van der Waals surface area contributed by atoms with E-state index in [2.05, 4.69) is 20.9 Å². The highest BCUT2D eigenvalue weighted by Gasteiger charge is 2.13. The Kier molecular flexibility index (Phi) is 2.91. The summed E-state index contributed by atoms with van der Waals surface area (Å²) in [5.74, 6) is -2.22. The van der Waals surface area contributed by atoms with E-state index < -0.39 is 11.6 Å². The molecule has 1 aromatic carbocycles. The van der Waals surface area contributed by atoms with Crippen LogP contribution in [0.1, 0.15) is 0 Å². The lowest BCUT2D eigenvalue weighted by Gasteiger charge is -2.06. The summed E-state index contributed by atoms with van der Waals surface area (Å²) in [7, 11) is 1.69. The van der Waals surface area contributed by atoms with Crippen molar-refractivity contribution in [1.29, 1.82) is 0 Å². The van der Waals surface area contributed by atoms with Crippen LogP contribution in [0.4, 0.5) is 8.78 Å². The number of imidazole rings is 1. The predicted molar refractivity (Wildman–Crippen MR) is 57.3 cm³/mol. The van der Waals surface area contributed by atoms with Gasteiger partial charge >= 0.3 is 6.01 Å². The van der Waals surface area contributed by atoms with Gasteiger partial charge in [-0.05, 0) is 12.1 Å². The molecule has 84 valence electrons. The zero-order valence-electron chi connectivity index (χ0n) is 8.25. The number of ether oxygens (including phenoxy) is 1. The average Bonchev–Trinajstić information content (AvgIpc) is 2.60. The molecule has 2 aromatic rings. The molecule has 0 aliphatic carbocycles. The maximum Gasteiger partial charge on any atom is 0.301 e. The van der Waals surface area contributed by atoms with Crippen LogP contribution in [-0.2, 0) is 7.05 Å². The number of hydrogen-bond donors (Lipinski definition) is 0. The third-order valence-corrected chi connectivity index (χ3v) is 2.40. The van der Waals surface area contributed by atoms with E-state index >= 15 is 0 Å². The summed E-state index contributed by atoms with van der Waals surface area (Å²) in [6.45, 7) is 0. The van der Waals surface area contributed by atoms with Gasteiger partial charge in [0.1, 0.15) is 0 Å². The Balaban J connectivity index is 2.38. The molecular weight excluding hydrogens is 282 g/mol. The zero-order chi connectivity index (χ0) is 11.7. The zero-order valence-corrected chi connectivity index (χ0v) is 9.83. The number of rotatable bonds is 2. The normalized spacial score (nSPS) is 10.5. The van der Waals surface area contributed by atoms with Gasteiger partial charge in [0, 0.05) is 23.9 Å². The van der Waals surface area contributed by atoms with Crippen LogP contribution < -0.4 is 4.74 Å². The molecule has 0 spiro atoms. The quantitative estimate of drug-likeness (QED) is 0.793. The van der Waals surface area contributed by atoms with E-state index in [-0.39, 0.29) is 11.8 Å². The van der Waals surface area contributed by atoms with E-state index in [4.69, 9.17) is 4.74 Å². The number of halogens is 3. The molecule has 16 heavy (non-hydrogen) atoms. The lowest BCUT2D eigenvalue weighted by Crippen LogP contribution is -1.97. The van der Waals surface area contributed by atoms with E-state index in [9.17, 15) is 8.78 Å². The molecule has 0 unspecified atom stereocenters. The average molecular weight is 289 g/mol. The van der Waals surface area contributed by atoms with E-state index in [0.717, 1.165) is 6.07 Å². The molecule has 0 aliphatic rings. The van der Waals surface area contributed by atoms with Gasteiger partial charge in [-0.15, -0.1) is 0 Å². The number of hydrogen-bond acceptors (Lipinski definition) is 2. The molecule has 0 saturated carbocycles. The second-order valence-corrected chi connectivity index (χ2v) is 4.04. The van der Waals surface area contributed by atoms with Gasteiger partial charge in [-0.25, -0.2) is 9.37 Å². The Morgan fingerprint density at radius 1 is 1.38 bits per heavy atom. The summed E-state index contributed by atoms with van der Waals surface area (Å²) in [6, 6.07) is 2.56. The smallest absolute Gasteiger partial charge is 0.301 e. The van der Waals surface area contributed by atoms with Crippen LogP contribution in [0.5, 0.6) is 11.8 Å². The van der Waals surface area contributed by atoms with Crippen molar-refractivity contribution in [3.8, 4) is 11.8 Å². The van der Waals surface area contributed by atoms with Crippen LogP contribution in [0.15, 0.2) is 29.0 Å². The van der Waals surface area contributed by atoms with Crippen molar-refractivity contribution < 1.29 is 13.5 Å². The Labute approximate surface area is 98.8 Å². The molecule has 2 rings (SSSR count). The summed E-state index contributed by atoms with van der Waals surface area (Å²) in [5.41, 5.74) is 0. The highest BCUT2D eigenvalue weighted by atomic mass is 79.9. The highest BCUT2D eigenvalue weighted by Crippen LogP contribution is 2.28. The molecule has 0 N–H and O–H groups in total. The second-order valence-electron chi connectivity index (χ2n) is 3.12. The first-order valence-corrected chi connectivity index (χ1v) is 5.17. The molecule has 0 aliphatic heterocycles. The third-order valence-electron chi connectivity index (χ3n) is 1.94. The molecule has 0 bridgehead atoms. The molecule has 0 radical (unpaired) electrons. The summed E-state index contributed by atoms with van der Waals surface area (Å²) in [5, 5.41) is 0. The molecular formula is C10H7BrF2N2O. The summed E-state index contributed by atoms with van der Waals surface area (Å²) in [6.07, 6.45) is 3.14. The van der Waals surface area contributed by atoms with Gasteiger partial charge in [0.05, 0.1) is 0 Å². The molecule has 1 aromatic heterocycles. The predicted octanol–water partition coefficient (Wildman–Crippen LogP) is 3.25. The Morgan fingerprint density at radius 3 is 2.75 bits per heavy atom. The maximum absolute atomic E-state index is 13.3. The van der Waals surface area contributed by atoms with Crippen LogP contribution in [0.3, 0.4) is 0 Å². The lowest BCUT2D eigenvalue weighted by atomic mass is 10.3.